The highest BCUT2D eigenvalue weighted by atomic mass is 32.1. The molecule has 0 saturated heterocycles. The van der Waals surface area contributed by atoms with Gasteiger partial charge in [-0.15, -0.1) is 11.3 Å². The topological polar surface area (TPSA) is 63.3 Å². The number of aliphatic carboxylic acids is 1. The smallest absolute Gasteiger partial charge is 0.329 e. The van der Waals surface area contributed by atoms with Crippen molar-refractivity contribution in [2.75, 3.05) is 0 Å². The Hall–Kier alpha value is -0.870. The van der Waals surface area contributed by atoms with E-state index in [1.807, 2.05) is 19.9 Å². The van der Waals surface area contributed by atoms with E-state index < -0.39 is 11.5 Å². The first-order chi connectivity index (χ1) is 6.46. The molecule has 0 amide bonds. The standard InChI is InChI=1S/C10H13NO2S/c1-5-3-7-4-6(2)14-8(7)10(5,11)9(12)13/h4-5H,3,11H2,1-2H3,(H,12,13). The number of hydrogen-bond donors (Lipinski definition) is 2. The number of carboxylic acid groups (broad SMARTS) is 1. The molecular weight excluding hydrogens is 198 g/mol. The fraction of sp³-hybridized carbons (Fsp3) is 0.500. The molecule has 1 aliphatic rings. The molecule has 0 aromatic carbocycles. The first-order valence-electron chi connectivity index (χ1n) is 4.58. The molecule has 2 unspecified atom stereocenters. The number of carbonyl (C=O) groups is 1. The van der Waals surface area contributed by atoms with Crippen molar-refractivity contribution in [3.05, 3.63) is 21.4 Å². The van der Waals surface area contributed by atoms with Gasteiger partial charge in [0.25, 0.3) is 0 Å². The van der Waals surface area contributed by atoms with Crippen molar-refractivity contribution in [1.82, 2.24) is 0 Å². The van der Waals surface area contributed by atoms with Crippen LogP contribution in [0.25, 0.3) is 0 Å². The van der Waals surface area contributed by atoms with Crippen molar-refractivity contribution in [1.29, 1.82) is 0 Å². The molecule has 3 N–H and O–H groups in total. The van der Waals surface area contributed by atoms with Gasteiger partial charge in [0, 0.05) is 9.75 Å². The number of thiophene rings is 1. The number of nitrogens with two attached hydrogens (primary N) is 1. The van der Waals surface area contributed by atoms with Crippen LogP contribution in [0.3, 0.4) is 0 Å². The van der Waals surface area contributed by atoms with E-state index in [1.165, 1.54) is 11.3 Å². The van der Waals surface area contributed by atoms with E-state index in [2.05, 4.69) is 0 Å². The molecule has 4 heteroatoms. The van der Waals surface area contributed by atoms with Gasteiger partial charge in [0.05, 0.1) is 0 Å². The summed E-state index contributed by atoms with van der Waals surface area (Å²) >= 11 is 1.51. The molecule has 2 atom stereocenters. The summed E-state index contributed by atoms with van der Waals surface area (Å²) in [6.45, 7) is 3.88. The average Bonchev–Trinajstić information content (AvgIpc) is 2.53. The molecule has 0 saturated carbocycles. The molecule has 1 aliphatic carbocycles. The molecule has 0 aliphatic heterocycles. The van der Waals surface area contributed by atoms with Crippen LogP contribution in [0, 0.1) is 12.8 Å². The van der Waals surface area contributed by atoms with Crippen LogP contribution < -0.4 is 5.73 Å². The van der Waals surface area contributed by atoms with E-state index in [-0.39, 0.29) is 5.92 Å². The lowest BCUT2D eigenvalue weighted by molar-refractivity contribution is -0.145. The van der Waals surface area contributed by atoms with Crippen LogP contribution in [0.4, 0.5) is 0 Å². The molecule has 76 valence electrons. The zero-order valence-corrected chi connectivity index (χ0v) is 9.02. The van der Waals surface area contributed by atoms with Crippen molar-refractivity contribution < 1.29 is 9.90 Å². The van der Waals surface area contributed by atoms with Gasteiger partial charge in [-0.1, -0.05) is 6.92 Å². The van der Waals surface area contributed by atoms with Gasteiger partial charge in [0.2, 0.25) is 0 Å². The van der Waals surface area contributed by atoms with Gasteiger partial charge in [0.15, 0.2) is 5.54 Å². The van der Waals surface area contributed by atoms with Gasteiger partial charge in [-0.3, -0.25) is 0 Å². The minimum Gasteiger partial charge on any atom is -0.480 e. The fourth-order valence-corrected chi connectivity index (χ4v) is 3.35. The second kappa shape index (κ2) is 2.81. The molecule has 14 heavy (non-hydrogen) atoms. The molecule has 0 radical (unpaired) electrons. The number of carboxylic acids is 1. The lowest BCUT2D eigenvalue weighted by atomic mass is 9.90. The number of hydrogen-bond acceptors (Lipinski definition) is 3. The summed E-state index contributed by atoms with van der Waals surface area (Å²) in [6.07, 6.45) is 0.780. The SMILES string of the molecule is Cc1cc2c(s1)C(N)(C(=O)O)C(C)C2. The van der Waals surface area contributed by atoms with Gasteiger partial charge in [-0.2, -0.15) is 0 Å². The molecule has 3 nitrogen and oxygen atoms in total. The van der Waals surface area contributed by atoms with E-state index in [9.17, 15) is 9.90 Å². The van der Waals surface area contributed by atoms with Gasteiger partial charge in [-0.25, -0.2) is 4.79 Å². The Balaban J connectivity index is 2.57. The zero-order valence-electron chi connectivity index (χ0n) is 8.20. The maximum atomic E-state index is 11.2. The Kier molecular flexibility index (Phi) is 1.94. The third-order valence-corrected chi connectivity index (χ3v) is 4.21. The van der Waals surface area contributed by atoms with E-state index in [4.69, 9.17) is 5.73 Å². The lowest BCUT2D eigenvalue weighted by Crippen LogP contribution is -2.47. The Labute approximate surface area is 86.6 Å². The maximum absolute atomic E-state index is 11.2. The minimum atomic E-state index is -1.16. The molecule has 0 bridgehead atoms. The van der Waals surface area contributed by atoms with Crippen molar-refractivity contribution in [3.63, 3.8) is 0 Å². The quantitative estimate of drug-likeness (QED) is 0.739. The monoisotopic (exact) mass is 211 g/mol. The van der Waals surface area contributed by atoms with E-state index >= 15 is 0 Å². The van der Waals surface area contributed by atoms with Crippen LogP contribution >= 0.6 is 11.3 Å². The van der Waals surface area contributed by atoms with Crippen LogP contribution in [-0.2, 0) is 16.8 Å². The zero-order chi connectivity index (χ0) is 10.5. The first kappa shape index (κ1) is 9.68. The van der Waals surface area contributed by atoms with E-state index in [1.54, 1.807) is 0 Å². The molecule has 1 aromatic rings. The highest BCUT2D eigenvalue weighted by Crippen LogP contribution is 2.44. The van der Waals surface area contributed by atoms with Crippen LogP contribution in [0.2, 0.25) is 0 Å². The minimum absolute atomic E-state index is 0.0122. The number of rotatable bonds is 1. The fourth-order valence-electron chi connectivity index (χ4n) is 2.09. The Morgan fingerprint density at radius 3 is 3.00 bits per heavy atom. The van der Waals surface area contributed by atoms with Crippen molar-refractivity contribution in [3.8, 4) is 0 Å². The molecule has 0 spiro atoms. The largest absolute Gasteiger partial charge is 0.480 e. The average molecular weight is 211 g/mol. The van der Waals surface area contributed by atoms with Gasteiger partial charge >= 0.3 is 5.97 Å². The molecular formula is C10H13NO2S. The molecule has 1 heterocycles. The number of aryl methyl sites for hydroxylation is 1. The molecule has 2 rings (SSSR count). The summed E-state index contributed by atoms with van der Waals surface area (Å²) < 4.78 is 0. The molecule has 1 aromatic heterocycles. The summed E-state index contributed by atoms with van der Waals surface area (Å²) in [5.41, 5.74) is 5.94. The summed E-state index contributed by atoms with van der Waals surface area (Å²) in [7, 11) is 0. The normalized spacial score (nSPS) is 30.4. The van der Waals surface area contributed by atoms with Crippen LogP contribution in [0.5, 0.6) is 0 Å². The van der Waals surface area contributed by atoms with Crippen molar-refractivity contribution in [2.45, 2.75) is 25.8 Å². The van der Waals surface area contributed by atoms with Crippen LogP contribution in [0.1, 0.15) is 22.2 Å². The number of fused-ring (bicyclic) bond motifs is 1. The second-order valence-corrected chi connectivity index (χ2v) is 5.25. The summed E-state index contributed by atoms with van der Waals surface area (Å²) in [5.74, 6) is -0.924. The summed E-state index contributed by atoms with van der Waals surface area (Å²) in [4.78, 5) is 13.2. The van der Waals surface area contributed by atoms with E-state index in [0.717, 1.165) is 21.7 Å². The first-order valence-corrected chi connectivity index (χ1v) is 5.40. The maximum Gasteiger partial charge on any atom is 0.329 e. The lowest BCUT2D eigenvalue weighted by Gasteiger charge is -2.23. The van der Waals surface area contributed by atoms with Crippen molar-refractivity contribution in [2.24, 2.45) is 11.7 Å². The Morgan fingerprint density at radius 1 is 1.79 bits per heavy atom. The third kappa shape index (κ3) is 1.04. The summed E-state index contributed by atoms with van der Waals surface area (Å²) in [6, 6.07) is 2.05. The second-order valence-electron chi connectivity index (χ2n) is 3.99. The Morgan fingerprint density at radius 2 is 2.43 bits per heavy atom. The van der Waals surface area contributed by atoms with Crippen LogP contribution in [-0.4, -0.2) is 11.1 Å². The van der Waals surface area contributed by atoms with Gasteiger partial charge < -0.3 is 10.8 Å². The van der Waals surface area contributed by atoms with Crippen molar-refractivity contribution >= 4 is 17.3 Å². The molecule has 0 fully saturated rings. The van der Waals surface area contributed by atoms with Gasteiger partial charge in [0.1, 0.15) is 0 Å². The summed E-state index contributed by atoms with van der Waals surface area (Å²) in [5, 5.41) is 9.18. The van der Waals surface area contributed by atoms with Crippen LogP contribution in [0.15, 0.2) is 6.07 Å². The highest BCUT2D eigenvalue weighted by molar-refractivity contribution is 7.12. The predicted molar refractivity (Wildman–Crippen MR) is 55.4 cm³/mol. The predicted octanol–water partition coefficient (Wildman–Crippen LogP) is 1.49. The highest BCUT2D eigenvalue weighted by Gasteiger charge is 2.49. The third-order valence-electron chi connectivity index (χ3n) is 2.97. The van der Waals surface area contributed by atoms with E-state index in [0.29, 0.717) is 0 Å². The van der Waals surface area contributed by atoms with Gasteiger partial charge in [-0.05, 0) is 30.9 Å². The Bertz CT molecular complexity index is 399.